The van der Waals surface area contributed by atoms with Gasteiger partial charge in [-0.15, -0.1) is 0 Å². The maximum absolute atomic E-state index is 13.1. The number of amides is 3. The second-order valence-corrected chi connectivity index (χ2v) is 14.7. The zero-order valence-corrected chi connectivity index (χ0v) is 31.4. The monoisotopic (exact) mass is 806 g/mol. The van der Waals surface area contributed by atoms with Crippen molar-refractivity contribution < 1.29 is 49.2 Å². The van der Waals surface area contributed by atoms with Crippen LogP contribution in [0.2, 0.25) is 5.02 Å². The summed E-state index contributed by atoms with van der Waals surface area (Å²) in [7, 11) is 3.55. The quantitative estimate of drug-likeness (QED) is 0.209. The molecule has 2 saturated heterocycles. The summed E-state index contributed by atoms with van der Waals surface area (Å²) in [6.45, 7) is 2.94. The molecule has 0 aromatic heterocycles. The number of hydrogen-bond donors (Lipinski definition) is 5. The van der Waals surface area contributed by atoms with Gasteiger partial charge in [-0.2, -0.15) is 0 Å². The zero-order valence-electron chi connectivity index (χ0n) is 29.0. The highest BCUT2D eigenvalue weighted by Crippen LogP contribution is 2.45. The Morgan fingerprint density at radius 3 is 2.19 bits per heavy atom. The van der Waals surface area contributed by atoms with Crippen LogP contribution in [0.3, 0.4) is 0 Å². The van der Waals surface area contributed by atoms with Crippen LogP contribution in [-0.4, -0.2) is 122 Å². The van der Waals surface area contributed by atoms with Crippen LogP contribution in [0.1, 0.15) is 84.8 Å². The van der Waals surface area contributed by atoms with Crippen LogP contribution >= 0.6 is 27.5 Å². The highest BCUT2D eigenvalue weighted by Gasteiger charge is 2.48. The first-order chi connectivity index (χ1) is 24.5. The first-order valence-electron chi connectivity index (χ1n) is 17.0. The average Bonchev–Trinajstić information content (AvgIpc) is 3.35. The molecule has 0 spiro atoms. The third-order valence-corrected chi connectivity index (χ3v) is 11.4. The standard InChI is InChI=1S/C30H36BrClN4O3.C6H8O7/c1-33-29(39)30(36-15-6-5-9-26(36)37)13-17-35(18-14-30)16-12-21(20-10-11-24(31)25(32)19-20)27-22-7-3-4-8-23(22)28(38)34(27)2;7-3(8)1-6(13,5(11)12)2-4(9)10/h3-4,7-8,10-11,19,21,27H,5-6,9,12-18H2,1-2H3,(H,33,39);13H,1-2H2,(H,7,8)(H,9,10)(H,11,12)/t21-,27+;/m0./s1. The van der Waals surface area contributed by atoms with E-state index in [1.54, 1.807) is 7.05 Å². The average molecular weight is 808 g/mol. The molecule has 0 unspecified atom stereocenters. The minimum absolute atomic E-state index is 0.0440. The Balaban J connectivity index is 0.000000398. The van der Waals surface area contributed by atoms with Crippen molar-refractivity contribution in [2.24, 2.45) is 0 Å². The first kappa shape index (κ1) is 40.7. The number of rotatable bonds is 12. The Labute approximate surface area is 314 Å². The third-order valence-electron chi connectivity index (χ3n) is 10.2. The molecular weight excluding hydrogens is 764 g/mol. The maximum Gasteiger partial charge on any atom is 0.336 e. The second kappa shape index (κ2) is 17.2. The topological polar surface area (TPSA) is 205 Å². The maximum atomic E-state index is 13.1. The number of piperidine rings is 2. The summed E-state index contributed by atoms with van der Waals surface area (Å²) in [5.41, 5.74) is -0.594. The van der Waals surface area contributed by atoms with E-state index in [4.69, 9.17) is 32.0 Å². The Morgan fingerprint density at radius 2 is 1.63 bits per heavy atom. The third kappa shape index (κ3) is 8.93. The lowest BCUT2D eigenvalue weighted by Crippen LogP contribution is -2.65. The van der Waals surface area contributed by atoms with E-state index in [9.17, 15) is 28.8 Å². The number of likely N-dealkylation sites (tertiary alicyclic amines) is 2. The van der Waals surface area contributed by atoms with Crippen molar-refractivity contribution in [3.63, 3.8) is 0 Å². The molecule has 0 saturated carbocycles. The molecule has 3 amide bonds. The van der Waals surface area contributed by atoms with Gasteiger partial charge in [0.1, 0.15) is 5.54 Å². The number of carbonyl (C=O) groups is 6. The van der Waals surface area contributed by atoms with Gasteiger partial charge in [-0.05, 0) is 83.9 Å². The van der Waals surface area contributed by atoms with Gasteiger partial charge in [0.2, 0.25) is 11.8 Å². The molecule has 2 fully saturated rings. The Morgan fingerprint density at radius 1 is 1.00 bits per heavy atom. The van der Waals surface area contributed by atoms with Gasteiger partial charge in [0.15, 0.2) is 5.60 Å². The number of halogens is 2. The Kier molecular flexibility index (Phi) is 13.5. The van der Waals surface area contributed by atoms with E-state index in [2.05, 4.69) is 38.3 Å². The summed E-state index contributed by atoms with van der Waals surface area (Å²) < 4.78 is 0.844. The molecule has 14 nitrogen and oxygen atoms in total. The van der Waals surface area contributed by atoms with E-state index in [-0.39, 0.29) is 29.7 Å². The van der Waals surface area contributed by atoms with Crippen LogP contribution in [-0.2, 0) is 24.0 Å². The van der Waals surface area contributed by atoms with Gasteiger partial charge in [0.05, 0.1) is 23.9 Å². The number of likely N-dealkylation sites (N-methyl/N-ethyl adjacent to an activating group) is 2. The molecule has 2 aromatic rings. The lowest BCUT2D eigenvalue weighted by atomic mass is 9.82. The SMILES string of the molecule is CNC(=O)C1(N2CCCCC2=O)CCN(CC[C@@H](c2ccc(Br)c(Cl)c2)[C@@H]2c3ccccc3C(=O)N2C)CC1.O=C(O)CC(O)(CC(=O)O)C(=O)O. The fourth-order valence-electron chi connectivity index (χ4n) is 7.50. The number of carboxylic acid groups (broad SMARTS) is 3. The van der Waals surface area contributed by atoms with E-state index in [1.807, 2.05) is 47.2 Å². The molecule has 0 aliphatic carbocycles. The van der Waals surface area contributed by atoms with Crippen LogP contribution in [0, 0.1) is 0 Å². The van der Waals surface area contributed by atoms with Crippen LogP contribution in [0.5, 0.6) is 0 Å². The minimum atomic E-state index is -2.74. The normalized spacial score (nSPS) is 19.3. The van der Waals surface area contributed by atoms with Gasteiger partial charge < -0.3 is 40.4 Å². The molecule has 0 radical (unpaired) electrons. The van der Waals surface area contributed by atoms with E-state index in [0.29, 0.717) is 30.8 Å². The number of nitrogens with zero attached hydrogens (tertiary/aromatic N) is 3. The number of aliphatic hydroxyl groups is 1. The lowest BCUT2D eigenvalue weighted by Gasteiger charge is -2.48. The summed E-state index contributed by atoms with van der Waals surface area (Å²) in [5, 5.41) is 37.3. The van der Waals surface area contributed by atoms with Crippen molar-refractivity contribution in [3.05, 3.63) is 68.7 Å². The van der Waals surface area contributed by atoms with Crippen molar-refractivity contribution in [1.82, 2.24) is 20.0 Å². The summed E-state index contributed by atoms with van der Waals surface area (Å²) in [6, 6.07) is 13.9. The molecule has 5 rings (SSSR count). The summed E-state index contributed by atoms with van der Waals surface area (Å²) >= 11 is 10.0. The van der Waals surface area contributed by atoms with Gasteiger partial charge in [0, 0.05) is 56.1 Å². The van der Waals surface area contributed by atoms with Crippen molar-refractivity contribution in [2.45, 2.75) is 74.5 Å². The minimum Gasteiger partial charge on any atom is -0.481 e. The summed E-state index contributed by atoms with van der Waals surface area (Å²) in [6.07, 6.45) is 2.15. The summed E-state index contributed by atoms with van der Waals surface area (Å²) in [4.78, 5) is 75.7. The molecule has 2 atom stereocenters. The fourth-order valence-corrected chi connectivity index (χ4v) is 7.94. The number of benzene rings is 2. The smallest absolute Gasteiger partial charge is 0.336 e. The van der Waals surface area contributed by atoms with Gasteiger partial charge >= 0.3 is 17.9 Å². The largest absolute Gasteiger partial charge is 0.481 e. The lowest BCUT2D eigenvalue weighted by molar-refractivity contribution is -0.170. The molecule has 282 valence electrons. The fraction of sp³-hybridized carbons (Fsp3) is 0.500. The van der Waals surface area contributed by atoms with Gasteiger partial charge in [-0.1, -0.05) is 35.9 Å². The summed E-state index contributed by atoms with van der Waals surface area (Å²) in [5.74, 6) is -4.89. The van der Waals surface area contributed by atoms with Crippen LogP contribution in [0.25, 0.3) is 0 Å². The number of carboxylic acids is 3. The number of nitrogens with one attached hydrogen (secondary N) is 1. The predicted molar refractivity (Wildman–Crippen MR) is 193 cm³/mol. The van der Waals surface area contributed by atoms with E-state index >= 15 is 0 Å². The van der Waals surface area contributed by atoms with Crippen molar-refractivity contribution in [2.75, 3.05) is 40.3 Å². The van der Waals surface area contributed by atoms with Crippen molar-refractivity contribution >= 4 is 63.2 Å². The number of fused-ring (bicyclic) bond motifs is 1. The van der Waals surface area contributed by atoms with Gasteiger partial charge in [0.25, 0.3) is 5.91 Å². The molecular formula is C36H44BrClN4O10. The molecule has 3 aliphatic heterocycles. The van der Waals surface area contributed by atoms with Gasteiger partial charge in [-0.25, -0.2) is 4.79 Å². The zero-order chi connectivity index (χ0) is 38.4. The highest BCUT2D eigenvalue weighted by molar-refractivity contribution is 9.10. The highest BCUT2D eigenvalue weighted by atomic mass is 79.9. The number of carbonyl (C=O) groups excluding carboxylic acids is 3. The molecule has 5 N–H and O–H groups in total. The number of hydrogen-bond acceptors (Lipinski definition) is 8. The molecule has 2 aromatic carbocycles. The number of aliphatic carboxylic acids is 3. The van der Waals surface area contributed by atoms with Crippen molar-refractivity contribution in [3.8, 4) is 0 Å². The Hall–Kier alpha value is -4.05. The van der Waals surface area contributed by atoms with Crippen molar-refractivity contribution in [1.29, 1.82) is 0 Å². The van der Waals surface area contributed by atoms with Crippen LogP contribution < -0.4 is 5.32 Å². The van der Waals surface area contributed by atoms with Gasteiger partial charge in [-0.3, -0.25) is 24.0 Å². The second-order valence-electron chi connectivity index (χ2n) is 13.4. The molecule has 3 aliphatic rings. The molecule has 52 heavy (non-hydrogen) atoms. The molecule has 0 bridgehead atoms. The van der Waals surface area contributed by atoms with E-state index < -0.39 is 41.9 Å². The van der Waals surface area contributed by atoms with Crippen LogP contribution in [0.15, 0.2) is 46.9 Å². The first-order valence-corrected chi connectivity index (χ1v) is 18.2. The van der Waals surface area contributed by atoms with E-state index in [1.165, 1.54) is 0 Å². The van der Waals surface area contributed by atoms with Crippen LogP contribution in [0.4, 0.5) is 0 Å². The Bertz CT molecular complexity index is 1680. The molecule has 3 heterocycles. The molecule has 16 heteroatoms. The van der Waals surface area contributed by atoms with E-state index in [0.717, 1.165) is 60.1 Å². The predicted octanol–water partition coefficient (Wildman–Crippen LogP) is 3.75.